The Balaban J connectivity index is 1.56. The molecule has 0 unspecified atom stereocenters. The number of H-pyrrole nitrogens is 1. The van der Waals surface area contributed by atoms with Gasteiger partial charge in [0.1, 0.15) is 0 Å². The van der Waals surface area contributed by atoms with Crippen molar-refractivity contribution in [1.82, 2.24) is 20.2 Å². The molecule has 1 atom stereocenters. The summed E-state index contributed by atoms with van der Waals surface area (Å²) in [6, 6.07) is 11.5. The molecule has 0 fully saturated rings. The van der Waals surface area contributed by atoms with E-state index in [1.807, 2.05) is 44.2 Å². The number of aryl methyl sites for hydroxylation is 1. The number of Topliss-reactive ketones (excluding diaryl/α,β-unsaturated/α-hetero) is 1. The van der Waals surface area contributed by atoms with Crippen LogP contribution in [0.1, 0.15) is 23.0 Å². The van der Waals surface area contributed by atoms with Crippen LogP contribution in [0.4, 0.5) is 0 Å². The van der Waals surface area contributed by atoms with Crippen molar-refractivity contribution in [2.45, 2.75) is 24.3 Å². The van der Waals surface area contributed by atoms with E-state index in [0.717, 1.165) is 22.2 Å². The van der Waals surface area contributed by atoms with Crippen molar-refractivity contribution in [3.8, 4) is 11.5 Å². The van der Waals surface area contributed by atoms with Crippen LogP contribution in [-0.2, 0) is 0 Å². The second kappa shape index (κ2) is 6.76. The normalized spacial score (nSPS) is 12.4. The minimum Gasteiger partial charge on any atom is -0.411 e. The molecule has 3 aromatic heterocycles. The number of thioether (sulfide) groups is 1. The Labute approximate surface area is 154 Å². The van der Waals surface area contributed by atoms with Gasteiger partial charge in [0.2, 0.25) is 5.89 Å². The number of aromatic nitrogens is 4. The summed E-state index contributed by atoms with van der Waals surface area (Å²) in [7, 11) is 0. The van der Waals surface area contributed by atoms with Crippen LogP contribution in [0.15, 0.2) is 58.4 Å². The van der Waals surface area contributed by atoms with Crippen molar-refractivity contribution < 1.29 is 9.21 Å². The monoisotopic (exact) mass is 364 g/mol. The summed E-state index contributed by atoms with van der Waals surface area (Å²) in [6.45, 7) is 3.76. The highest BCUT2D eigenvalue weighted by atomic mass is 32.2. The zero-order valence-corrected chi connectivity index (χ0v) is 15.1. The third-order valence-electron chi connectivity index (χ3n) is 4.10. The van der Waals surface area contributed by atoms with Crippen LogP contribution >= 0.6 is 11.8 Å². The van der Waals surface area contributed by atoms with Gasteiger partial charge < -0.3 is 9.40 Å². The molecule has 0 saturated carbocycles. The maximum Gasteiger partial charge on any atom is 0.277 e. The van der Waals surface area contributed by atoms with E-state index in [9.17, 15) is 4.79 Å². The zero-order chi connectivity index (χ0) is 18.1. The van der Waals surface area contributed by atoms with Gasteiger partial charge in [-0.1, -0.05) is 30.0 Å². The minimum atomic E-state index is -0.352. The van der Waals surface area contributed by atoms with E-state index in [4.69, 9.17) is 4.42 Å². The Kier molecular flexibility index (Phi) is 4.30. The summed E-state index contributed by atoms with van der Waals surface area (Å²) in [5, 5.41) is 9.02. The summed E-state index contributed by atoms with van der Waals surface area (Å²) in [5.41, 5.74) is 3.29. The number of nitrogens with one attached hydrogen (secondary N) is 1. The third kappa shape index (κ3) is 3.01. The first-order valence-electron chi connectivity index (χ1n) is 8.15. The highest BCUT2D eigenvalue weighted by molar-refractivity contribution is 8.00. The molecule has 1 N–H and O–H groups in total. The molecular formula is C19H16N4O2S. The number of rotatable bonds is 5. The van der Waals surface area contributed by atoms with Gasteiger partial charge in [0.05, 0.1) is 10.8 Å². The summed E-state index contributed by atoms with van der Waals surface area (Å²) >= 11 is 1.26. The molecule has 0 aliphatic carbocycles. The van der Waals surface area contributed by atoms with Crippen molar-refractivity contribution in [1.29, 1.82) is 0 Å². The summed E-state index contributed by atoms with van der Waals surface area (Å²) in [4.78, 5) is 20.3. The van der Waals surface area contributed by atoms with E-state index in [-0.39, 0.29) is 11.0 Å². The van der Waals surface area contributed by atoms with E-state index in [1.165, 1.54) is 11.8 Å². The lowest BCUT2D eigenvalue weighted by Crippen LogP contribution is -2.14. The Bertz CT molecular complexity index is 1070. The lowest BCUT2D eigenvalue weighted by Gasteiger charge is -2.07. The van der Waals surface area contributed by atoms with Gasteiger partial charge >= 0.3 is 0 Å². The smallest absolute Gasteiger partial charge is 0.277 e. The van der Waals surface area contributed by atoms with E-state index >= 15 is 0 Å². The molecule has 130 valence electrons. The Morgan fingerprint density at radius 1 is 1.19 bits per heavy atom. The number of ketones is 1. The Morgan fingerprint density at radius 3 is 2.85 bits per heavy atom. The van der Waals surface area contributed by atoms with E-state index in [1.54, 1.807) is 18.5 Å². The molecule has 26 heavy (non-hydrogen) atoms. The number of carbonyl (C=O) groups is 1. The molecule has 0 saturated heterocycles. The maximum atomic E-state index is 13.0. The molecule has 6 nitrogen and oxygen atoms in total. The van der Waals surface area contributed by atoms with Gasteiger partial charge in [-0.2, -0.15) is 0 Å². The first kappa shape index (κ1) is 16.5. The maximum absolute atomic E-state index is 13.0. The van der Waals surface area contributed by atoms with Crippen LogP contribution < -0.4 is 0 Å². The molecular weight excluding hydrogens is 348 g/mol. The fourth-order valence-corrected chi connectivity index (χ4v) is 3.61. The van der Waals surface area contributed by atoms with Crippen molar-refractivity contribution in [3.63, 3.8) is 0 Å². The second-order valence-electron chi connectivity index (χ2n) is 5.91. The van der Waals surface area contributed by atoms with E-state index < -0.39 is 0 Å². The van der Waals surface area contributed by atoms with Crippen LogP contribution in [0.25, 0.3) is 22.4 Å². The molecule has 0 bridgehead atoms. The fraction of sp³-hybridized carbons (Fsp3) is 0.158. The number of hydrogen-bond donors (Lipinski definition) is 1. The van der Waals surface area contributed by atoms with E-state index in [0.29, 0.717) is 16.7 Å². The predicted octanol–water partition coefficient (Wildman–Crippen LogP) is 4.28. The number of para-hydroxylation sites is 1. The highest BCUT2D eigenvalue weighted by Gasteiger charge is 2.24. The molecule has 0 aliphatic rings. The molecule has 0 aliphatic heterocycles. The molecule has 4 rings (SSSR count). The third-order valence-corrected chi connectivity index (χ3v) is 5.04. The van der Waals surface area contributed by atoms with E-state index in [2.05, 4.69) is 20.2 Å². The van der Waals surface area contributed by atoms with Crippen molar-refractivity contribution in [2.75, 3.05) is 0 Å². The number of hydrogen-bond acceptors (Lipinski definition) is 6. The standard InChI is InChI=1S/C19H16N4O2S/c1-11-16(14-7-3-4-8-15(14)21-11)17(24)12(2)26-19-23-22-18(25-19)13-6-5-9-20-10-13/h3-10,12,21H,1-2H3/t12-/m1/s1. The summed E-state index contributed by atoms with van der Waals surface area (Å²) in [6.07, 6.45) is 3.34. The van der Waals surface area contributed by atoms with Gasteiger partial charge in [0.15, 0.2) is 5.78 Å². The number of fused-ring (bicyclic) bond motifs is 1. The lowest BCUT2D eigenvalue weighted by molar-refractivity contribution is 0.0994. The minimum absolute atomic E-state index is 0.0334. The molecule has 3 heterocycles. The van der Waals surface area contributed by atoms with Crippen molar-refractivity contribution >= 4 is 28.4 Å². The first-order chi connectivity index (χ1) is 12.6. The van der Waals surface area contributed by atoms with Crippen LogP contribution in [0.5, 0.6) is 0 Å². The zero-order valence-electron chi connectivity index (χ0n) is 14.3. The Hall–Kier alpha value is -2.93. The average molecular weight is 364 g/mol. The quantitative estimate of drug-likeness (QED) is 0.420. The van der Waals surface area contributed by atoms with Gasteiger partial charge in [0.25, 0.3) is 5.22 Å². The number of carbonyl (C=O) groups excluding carboxylic acids is 1. The Morgan fingerprint density at radius 2 is 2.04 bits per heavy atom. The second-order valence-corrected chi connectivity index (χ2v) is 7.20. The number of aromatic amines is 1. The van der Waals surface area contributed by atoms with Crippen LogP contribution in [0.3, 0.4) is 0 Å². The average Bonchev–Trinajstić information content (AvgIpc) is 3.25. The highest BCUT2D eigenvalue weighted by Crippen LogP contribution is 2.30. The van der Waals surface area contributed by atoms with Crippen LogP contribution in [-0.4, -0.2) is 31.2 Å². The lowest BCUT2D eigenvalue weighted by atomic mass is 10.1. The van der Waals surface area contributed by atoms with Gasteiger partial charge in [-0.15, -0.1) is 10.2 Å². The van der Waals surface area contributed by atoms with Crippen LogP contribution in [0, 0.1) is 6.92 Å². The number of nitrogens with zero attached hydrogens (tertiary/aromatic N) is 3. The number of pyridine rings is 1. The van der Waals surface area contributed by atoms with Crippen LogP contribution in [0.2, 0.25) is 0 Å². The summed E-state index contributed by atoms with van der Waals surface area (Å²) in [5.74, 6) is 0.426. The summed E-state index contributed by atoms with van der Waals surface area (Å²) < 4.78 is 5.67. The topological polar surface area (TPSA) is 84.7 Å². The molecule has 0 amide bonds. The molecule has 0 spiro atoms. The largest absolute Gasteiger partial charge is 0.411 e. The molecule has 0 radical (unpaired) electrons. The number of benzene rings is 1. The van der Waals surface area contributed by atoms with Crippen molar-refractivity contribution in [2.24, 2.45) is 0 Å². The fourth-order valence-electron chi connectivity index (χ4n) is 2.87. The van der Waals surface area contributed by atoms with Gasteiger partial charge in [-0.25, -0.2) is 0 Å². The first-order valence-corrected chi connectivity index (χ1v) is 9.03. The predicted molar refractivity (Wildman–Crippen MR) is 100 cm³/mol. The molecule has 7 heteroatoms. The molecule has 4 aromatic rings. The van der Waals surface area contributed by atoms with Crippen molar-refractivity contribution in [3.05, 3.63) is 60.0 Å². The van der Waals surface area contributed by atoms with Gasteiger partial charge in [0, 0.05) is 34.6 Å². The van der Waals surface area contributed by atoms with Gasteiger partial charge in [-0.3, -0.25) is 9.78 Å². The van der Waals surface area contributed by atoms with Gasteiger partial charge in [-0.05, 0) is 32.0 Å². The SMILES string of the molecule is Cc1[nH]c2ccccc2c1C(=O)[C@@H](C)Sc1nnc(-c2cccnc2)o1. The molecule has 1 aromatic carbocycles.